The molecule has 0 unspecified atom stereocenters. The molecule has 0 fully saturated rings. The van der Waals surface area contributed by atoms with Crippen LogP contribution in [0.5, 0.6) is 0 Å². The number of amides is 2. The van der Waals surface area contributed by atoms with Crippen LogP contribution in [0.15, 0.2) is 48.5 Å². The van der Waals surface area contributed by atoms with Crippen molar-refractivity contribution >= 4 is 35.2 Å². The lowest BCUT2D eigenvalue weighted by molar-refractivity contribution is -0.138. The van der Waals surface area contributed by atoms with E-state index >= 15 is 0 Å². The monoisotopic (exact) mass is 418 g/mol. The molecule has 0 aromatic heterocycles. The number of likely N-dealkylation sites (N-methyl/N-ethyl adjacent to an activating group) is 1. The van der Waals surface area contributed by atoms with Crippen LogP contribution in [0.3, 0.4) is 0 Å². The molecule has 0 aliphatic heterocycles. The highest BCUT2D eigenvalue weighted by Gasteiger charge is 2.25. The van der Waals surface area contributed by atoms with Gasteiger partial charge in [-0.3, -0.25) is 9.59 Å². The van der Waals surface area contributed by atoms with Gasteiger partial charge in [0.15, 0.2) is 0 Å². The highest BCUT2D eigenvalue weighted by molar-refractivity contribution is 7.99. The van der Waals surface area contributed by atoms with E-state index in [2.05, 4.69) is 24.4 Å². The number of nitrogens with zero attached hydrogens (tertiary/aromatic N) is 1. The van der Waals surface area contributed by atoms with Gasteiger partial charge in [-0.15, -0.1) is 11.8 Å². The van der Waals surface area contributed by atoms with Gasteiger partial charge >= 0.3 is 0 Å². The molecule has 1 N–H and O–H groups in total. The minimum Gasteiger partial charge on any atom is -0.355 e. The van der Waals surface area contributed by atoms with Crippen LogP contribution in [0.1, 0.15) is 30.5 Å². The average molecular weight is 419 g/mol. The predicted octanol–water partition coefficient (Wildman–Crippen LogP) is 4.44. The van der Waals surface area contributed by atoms with Crippen LogP contribution in [0, 0.1) is 6.92 Å². The number of rotatable bonds is 9. The Bertz CT molecular complexity index is 795. The van der Waals surface area contributed by atoms with E-state index in [4.69, 9.17) is 11.6 Å². The van der Waals surface area contributed by atoms with Crippen LogP contribution in [-0.2, 0) is 21.9 Å². The van der Waals surface area contributed by atoms with Gasteiger partial charge in [0.25, 0.3) is 0 Å². The van der Waals surface area contributed by atoms with Gasteiger partial charge in [0.1, 0.15) is 6.04 Å². The number of carbonyl (C=O) groups is 2. The van der Waals surface area contributed by atoms with Crippen LogP contribution < -0.4 is 5.32 Å². The molecule has 0 bridgehead atoms. The lowest BCUT2D eigenvalue weighted by Gasteiger charge is -2.28. The minimum atomic E-state index is -0.540. The number of carbonyl (C=O) groups excluding carboxylic acids is 2. The van der Waals surface area contributed by atoms with Gasteiger partial charge in [-0.05, 0) is 49.6 Å². The van der Waals surface area contributed by atoms with E-state index in [1.807, 2.05) is 31.2 Å². The first kappa shape index (κ1) is 22.3. The third kappa shape index (κ3) is 6.57. The third-order valence-electron chi connectivity index (χ3n) is 4.53. The van der Waals surface area contributed by atoms with E-state index in [0.717, 1.165) is 11.3 Å². The van der Waals surface area contributed by atoms with Crippen molar-refractivity contribution in [2.45, 2.75) is 39.1 Å². The van der Waals surface area contributed by atoms with Crippen LogP contribution in [-0.4, -0.2) is 35.1 Å². The minimum absolute atomic E-state index is 0.0488. The molecule has 2 aromatic carbocycles. The van der Waals surface area contributed by atoms with Crippen molar-refractivity contribution in [1.82, 2.24) is 10.2 Å². The fourth-order valence-corrected chi connectivity index (χ4v) is 3.91. The van der Waals surface area contributed by atoms with Gasteiger partial charge < -0.3 is 10.2 Å². The van der Waals surface area contributed by atoms with Crippen molar-refractivity contribution in [3.63, 3.8) is 0 Å². The maximum atomic E-state index is 12.9. The summed E-state index contributed by atoms with van der Waals surface area (Å²) in [6.45, 7) is 6.62. The first-order chi connectivity index (χ1) is 13.4. The Morgan fingerprint density at radius 3 is 2.46 bits per heavy atom. The molecule has 150 valence electrons. The summed E-state index contributed by atoms with van der Waals surface area (Å²) in [4.78, 5) is 26.9. The van der Waals surface area contributed by atoms with E-state index in [1.54, 1.807) is 35.7 Å². The molecular weight excluding hydrogens is 392 g/mol. The van der Waals surface area contributed by atoms with Crippen molar-refractivity contribution in [2.75, 3.05) is 12.3 Å². The quantitative estimate of drug-likeness (QED) is 0.655. The van der Waals surface area contributed by atoms with Crippen LogP contribution in [0.2, 0.25) is 5.02 Å². The van der Waals surface area contributed by atoms with E-state index in [0.29, 0.717) is 23.9 Å². The summed E-state index contributed by atoms with van der Waals surface area (Å²) in [6, 6.07) is 15.0. The van der Waals surface area contributed by atoms with E-state index in [9.17, 15) is 9.59 Å². The van der Waals surface area contributed by atoms with Crippen molar-refractivity contribution < 1.29 is 9.59 Å². The van der Waals surface area contributed by atoms with Crippen LogP contribution in [0.4, 0.5) is 0 Å². The Labute approximate surface area is 176 Å². The summed E-state index contributed by atoms with van der Waals surface area (Å²) < 4.78 is 0. The number of hydrogen-bond acceptors (Lipinski definition) is 3. The third-order valence-corrected chi connectivity index (χ3v) is 5.75. The molecule has 1 atom stereocenters. The van der Waals surface area contributed by atoms with E-state index in [-0.39, 0.29) is 11.8 Å². The van der Waals surface area contributed by atoms with E-state index in [1.165, 1.54) is 11.1 Å². The molecule has 0 radical (unpaired) electrons. The standard InChI is InChI=1S/C22H27ClN2O2S/c1-4-24-22(27)17(3)25(13-18-9-11-20(23)12-10-18)21(26)15-28-14-19-8-6-5-7-16(19)2/h5-12,17H,4,13-15H2,1-3H3,(H,24,27)/t17-/m0/s1. The average Bonchev–Trinajstić information content (AvgIpc) is 2.68. The second-order valence-electron chi connectivity index (χ2n) is 6.64. The second kappa shape index (κ2) is 11.1. The number of benzene rings is 2. The topological polar surface area (TPSA) is 49.4 Å². The molecule has 28 heavy (non-hydrogen) atoms. The molecule has 6 heteroatoms. The van der Waals surface area contributed by atoms with Gasteiger partial charge in [0.2, 0.25) is 11.8 Å². The Morgan fingerprint density at radius 2 is 1.82 bits per heavy atom. The molecule has 0 saturated carbocycles. The Hall–Kier alpha value is -1.98. The maximum absolute atomic E-state index is 12.9. The largest absolute Gasteiger partial charge is 0.355 e. The lowest BCUT2D eigenvalue weighted by atomic mass is 10.1. The molecule has 2 rings (SSSR count). The molecular formula is C22H27ClN2O2S. The SMILES string of the molecule is CCNC(=O)[C@H](C)N(Cc1ccc(Cl)cc1)C(=O)CSCc1ccccc1C. The highest BCUT2D eigenvalue weighted by Crippen LogP contribution is 2.19. The number of halogens is 1. The van der Waals surface area contributed by atoms with Crippen molar-refractivity contribution in [2.24, 2.45) is 0 Å². The second-order valence-corrected chi connectivity index (χ2v) is 8.06. The zero-order chi connectivity index (χ0) is 20.5. The summed E-state index contributed by atoms with van der Waals surface area (Å²) in [5.41, 5.74) is 3.38. The van der Waals surface area contributed by atoms with Gasteiger partial charge in [0, 0.05) is 23.9 Å². The van der Waals surface area contributed by atoms with E-state index < -0.39 is 6.04 Å². The molecule has 2 aromatic rings. The normalized spacial score (nSPS) is 11.7. The number of thioether (sulfide) groups is 1. The van der Waals surface area contributed by atoms with Crippen molar-refractivity contribution in [3.05, 3.63) is 70.2 Å². The van der Waals surface area contributed by atoms with Crippen LogP contribution >= 0.6 is 23.4 Å². The Kier molecular flexibility index (Phi) is 8.87. The molecule has 0 heterocycles. The molecule has 4 nitrogen and oxygen atoms in total. The maximum Gasteiger partial charge on any atom is 0.242 e. The summed E-state index contributed by atoms with van der Waals surface area (Å²) >= 11 is 7.52. The summed E-state index contributed by atoms with van der Waals surface area (Å²) in [5.74, 6) is 0.898. The molecule has 0 spiro atoms. The predicted molar refractivity (Wildman–Crippen MR) is 117 cm³/mol. The van der Waals surface area contributed by atoms with Crippen molar-refractivity contribution in [1.29, 1.82) is 0 Å². The fourth-order valence-electron chi connectivity index (χ4n) is 2.79. The zero-order valence-corrected chi connectivity index (χ0v) is 18.1. The highest BCUT2D eigenvalue weighted by atomic mass is 35.5. The summed E-state index contributed by atoms with van der Waals surface area (Å²) in [5, 5.41) is 3.45. The Morgan fingerprint density at radius 1 is 1.14 bits per heavy atom. The number of hydrogen-bond donors (Lipinski definition) is 1. The fraction of sp³-hybridized carbons (Fsp3) is 0.364. The molecule has 0 aliphatic carbocycles. The zero-order valence-electron chi connectivity index (χ0n) is 16.6. The summed E-state index contributed by atoms with van der Waals surface area (Å²) in [6.07, 6.45) is 0. The summed E-state index contributed by atoms with van der Waals surface area (Å²) in [7, 11) is 0. The molecule has 2 amide bonds. The Balaban J connectivity index is 2.05. The van der Waals surface area contributed by atoms with Gasteiger partial charge in [-0.25, -0.2) is 0 Å². The first-order valence-electron chi connectivity index (χ1n) is 9.36. The molecule has 0 saturated heterocycles. The number of aryl methyl sites for hydroxylation is 1. The van der Waals surface area contributed by atoms with Gasteiger partial charge in [-0.2, -0.15) is 0 Å². The van der Waals surface area contributed by atoms with Crippen LogP contribution in [0.25, 0.3) is 0 Å². The van der Waals surface area contributed by atoms with Gasteiger partial charge in [-0.1, -0.05) is 48.0 Å². The lowest BCUT2D eigenvalue weighted by Crippen LogP contribution is -2.48. The van der Waals surface area contributed by atoms with Crippen molar-refractivity contribution in [3.8, 4) is 0 Å². The number of nitrogens with one attached hydrogen (secondary N) is 1. The molecule has 0 aliphatic rings. The van der Waals surface area contributed by atoms with Gasteiger partial charge in [0.05, 0.1) is 5.75 Å². The smallest absolute Gasteiger partial charge is 0.242 e. The first-order valence-corrected chi connectivity index (χ1v) is 10.9.